The number of carbonyl (C=O) groups is 1. The van der Waals surface area contributed by atoms with E-state index in [0.717, 1.165) is 28.6 Å². The number of nitrogens with one attached hydrogen (secondary N) is 1. The van der Waals surface area contributed by atoms with E-state index >= 15 is 0 Å². The molecule has 5 nitrogen and oxygen atoms in total. The standard InChI is InChI=1S/C26H20ClFN2O3S/c1-32-25(31)16-4-2-15(3-5-16)24-23-20(21-14-17(27)6-11-22(21)29-23)12-13-30(24)26(34)33-19-9-7-18(28)8-10-19/h2-11,14,24,29H,12-13H2,1H3. The summed E-state index contributed by atoms with van der Waals surface area (Å²) in [6.07, 6.45) is 0.735. The minimum Gasteiger partial charge on any atom is -0.465 e. The summed E-state index contributed by atoms with van der Waals surface area (Å²) in [5.41, 5.74) is 4.52. The van der Waals surface area contributed by atoms with E-state index in [1.165, 1.54) is 24.8 Å². The molecule has 0 saturated heterocycles. The Labute approximate surface area is 206 Å². The second-order valence-corrected chi connectivity index (χ2v) is 8.77. The third-order valence-corrected chi connectivity index (χ3v) is 6.54. The first-order valence-corrected chi connectivity index (χ1v) is 11.5. The lowest BCUT2D eigenvalue weighted by Crippen LogP contribution is -2.42. The topological polar surface area (TPSA) is 54.6 Å². The molecule has 1 aromatic heterocycles. The molecule has 0 spiro atoms. The van der Waals surface area contributed by atoms with Crippen LogP contribution in [0.1, 0.15) is 33.2 Å². The molecular formula is C26H20ClFN2O3S. The normalized spacial score (nSPS) is 15.1. The summed E-state index contributed by atoms with van der Waals surface area (Å²) in [4.78, 5) is 17.5. The number of esters is 1. The van der Waals surface area contributed by atoms with Crippen molar-refractivity contribution in [3.8, 4) is 5.75 Å². The number of hydrogen-bond donors (Lipinski definition) is 1. The maximum atomic E-state index is 13.3. The number of methoxy groups -OCH3 is 1. The predicted octanol–water partition coefficient (Wildman–Crippen LogP) is 6.06. The first-order valence-electron chi connectivity index (χ1n) is 10.7. The van der Waals surface area contributed by atoms with Crippen LogP contribution in [0.5, 0.6) is 5.75 Å². The Balaban J connectivity index is 1.57. The van der Waals surface area contributed by atoms with Gasteiger partial charge in [0.1, 0.15) is 11.6 Å². The van der Waals surface area contributed by atoms with Gasteiger partial charge in [0.25, 0.3) is 5.17 Å². The molecule has 34 heavy (non-hydrogen) atoms. The third kappa shape index (κ3) is 4.13. The number of thiocarbonyl (C=S) groups is 1. The second-order valence-electron chi connectivity index (χ2n) is 7.99. The maximum Gasteiger partial charge on any atom is 0.337 e. The van der Waals surface area contributed by atoms with Gasteiger partial charge in [-0.15, -0.1) is 0 Å². The van der Waals surface area contributed by atoms with Crippen molar-refractivity contribution in [2.75, 3.05) is 13.7 Å². The highest BCUT2D eigenvalue weighted by Crippen LogP contribution is 2.39. The largest absolute Gasteiger partial charge is 0.465 e. The highest BCUT2D eigenvalue weighted by atomic mass is 35.5. The lowest BCUT2D eigenvalue weighted by atomic mass is 9.92. The zero-order valence-electron chi connectivity index (χ0n) is 18.2. The molecule has 0 bridgehead atoms. The Kier molecular flexibility index (Phi) is 5.98. The molecule has 4 aromatic rings. The Morgan fingerprint density at radius 2 is 1.85 bits per heavy atom. The van der Waals surface area contributed by atoms with Crippen molar-refractivity contribution in [1.82, 2.24) is 9.88 Å². The summed E-state index contributed by atoms with van der Waals surface area (Å²) < 4.78 is 24.1. The van der Waals surface area contributed by atoms with Crippen LogP contribution in [0, 0.1) is 5.82 Å². The number of rotatable bonds is 3. The minimum absolute atomic E-state index is 0.274. The van der Waals surface area contributed by atoms with Crippen molar-refractivity contribution >= 4 is 45.9 Å². The van der Waals surface area contributed by atoms with Gasteiger partial charge in [0.05, 0.1) is 18.7 Å². The number of aromatic nitrogens is 1. The van der Waals surface area contributed by atoms with Crippen LogP contribution >= 0.6 is 23.8 Å². The van der Waals surface area contributed by atoms with Gasteiger partial charge in [-0.3, -0.25) is 0 Å². The molecule has 1 atom stereocenters. The molecular weight excluding hydrogens is 475 g/mol. The van der Waals surface area contributed by atoms with Gasteiger partial charge in [0.15, 0.2) is 0 Å². The molecule has 3 aromatic carbocycles. The van der Waals surface area contributed by atoms with Crippen LogP contribution in [-0.4, -0.2) is 34.7 Å². The van der Waals surface area contributed by atoms with Crippen LogP contribution in [0.4, 0.5) is 4.39 Å². The van der Waals surface area contributed by atoms with Crippen molar-refractivity contribution in [1.29, 1.82) is 0 Å². The van der Waals surface area contributed by atoms with E-state index < -0.39 is 5.97 Å². The molecule has 0 fully saturated rings. The van der Waals surface area contributed by atoms with Crippen molar-refractivity contribution < 1.29 is 18.7 Å². The summed E-state index contributed by atoms with van der Waals surface area (Å²) in [5, 5.41) is 2.02. The van der Waals surface area contributed by atoms with Gasteiger partial charge in [-0.2, -0.15) is 0 Å². The zero-order valence-corrected chi connectivity index (χ0v) is 19.8. The number of fused-ring (bicyclic) bond motifs is 3. The fourth-order valence-corrected chi connectivity index (χ4v) is 4.85. The molecule has 2 heterocycles. The van der Waals surface area contributed by atoms with E-state index in [2.05, 4.69) is 4.98 Å². The van der Waals surface area contributed by atoms with Gasteiger partial charge in [-0.05, 0) is 84.4 Å². The first kappa shape index (κ1) is 22.4. The van der Waals surface area contributed by atoms with E-state index in [9.17, 15) is 9.18 Å². The van der Waals surface area contributed by atoms with Gasteiger partial charge in [0.2, 0.25) is 0 Å². The van der Waals surface area contributed by atoms with Crippen molar-refractivity contribution in [2.45, 2.75) is 12.5 Å². The number of H-pyrrole nitrogens is 1. The maximum absolute atomic E-state index is 13.3. The average molecular weight is 495 g/mol. The molecule has 5 rings (SSSR count). The number of nitrogens with zero attached hydrogens (tertiary/aromatic N) is 1. The quantitative estimate of drug-likeness (QED) is 0.277. The summed E-state index contributed by atoms with van der Waals surface area (Å²) in [5.74, 6) is -0.287. The SMILES string of the molecule is COC(=O)c1ccc(C2c3[nH]c4ccc(Cl)cc4c3CCN2C(=S)Oc2ccc(F)cc2)cc1. The summed E-state index contributed by atoms with van der Waals surface area (Å²) in [6.45, 7) is 0.607. The number of aromatic amines is 1. The second kappa shape index (κ2) is 9.08. The van der Waals surface area contributed by atoms with Gasteiger partial charge in [-0.1, -0.05) is 23.7 Å². The third-order valence-electron chi connectivity index (χ3n) is 5.99. The average Bonchev–Trinajstić information content (AvgIpc) is 3.22. The Morgan fingerprint density at radius 1 is 1.12 bits per heavy atom. The van der Waals surface area contributed by atoms with Gasteiger partial charge < -0.3 is 19.4 Å². The van der Waals surface area contributed by atoms with Crippen molar-refractivity contribution in [2.24, 2.45) is 0 Å². The van der Waals surface area contributed by atoms with E-state index in [0.29, 0.717) is 22.9 Å². The lowest BCUT2D eigenvalue weighted by molar-refractivity contribution is 0.0600. The lowest BCUT2D eigenvalue weighted by Gasteiger charge is -2.37. The van der Waals surface area contributed by atoms with Crippen LogP contribution in [0.25, 0.3) is 10.9 Å². The summed E-state index contributed by atoms with van der Waals surface area (Å²) >= 11 is 12.0. The molecule has 8 heteroatoms. The molecule has 0 aliphatic carbocycles. The highest BCUT2D eigenvalue weighted by molar-refractivity contribution is 7.80. The fraction of sp³-hybridized carbons (Fsp3) is 0.154. The van der Waals surface area contributed by atoms with Crippen LogP contribution in [0.3, 0.4) is 0 Å². The van der Waals surface area contributed by atoms with Crippen LogP contribution in [0.2, 0.25) is 5.02 Å². The predicted molar refractivity (Wildman–Crippen MR) is 133 cm³/mol. The zero-order chi connectivity index (χ0) is 23.8. The molecule has 0 radical (unpaired) electrons. The minimum atomic E-state index is -0.400. The van der Waals surface area contributed by atoms with E-state index in [-0.39, 0.29) is 17.0 Å². The molecule has 0 amide bonds. The Bertz CT molecular complexity index is 1390. The monoisotopic (exact) mass is 494 g/mol. The van der Waals surface area contributed by atoms with Gasteiger partial charge in [0, 0.05) is 28.2 Å². The molecule has 0 saturated carbocycles. The van der Waals surface area contributed by atoms with Crippen LogP contribution in [0.15, 0.2) is 66.7 Å². The smallest absolute Gasteiger partial charge is 0.337 e. The van der Waals surface area contributed by atoms with Gasteiger partial charge in [-0.25, -0.2) is 9.18 Å². The molecule has 1 aliphatic rings. The molecule has 1 N–H and O–H groups in total. The van der Waals surface area contributed by atoms with Crippen LogP contribution < -0.4 is 4.74 Å². The number of carbonyl (C=O) groups excluding carboxylic acids is 1. The number of hydrogen-bond acceptors (Lipinski definition) is 4. The van der Waals surface area contributed by atoms with E-state index in [4.69, 9.17) is 33.3 Å². The van der Waals surface area contributed by atoms with Crippen LogP contribution in [-0.2, 0) is 11.2 Å². The number of benzene rings is 3. The number of ether oxygens (including phenoxy) is 2. The Hall–Kier alpha value is -3.42. The summed E-state index contributed by atoms with van der Waals surface area (Å²) in [7, 11) is 1.35. The molecule has 172 valence electrons. The Morgan fingerprint density at radius 3 is 2.56 bits per heavy atom. The fourth-order valence-electron chi connectivity index (χ4n) is 4.39. The van der Waals surface area contributed by atoms with Crippen molar-refractivity contribution in [3.63, 3.8) is 0 Å². The van der Waals surface area contributed by atoms with E-state index in [1.807, 2.05) is 35.2 Å². The van der Waals surface area contributed by atoms with Gasteiger partial charge >= 0.3 is 5.97 Å². The highest BCUT2D eigenvalue weighted by Gasteiger charge is 2.34. The van der Waals surface area contributed by atoms with E-state index in [1.54, 1.807) is 24.3 Å². The molecule has 1 aliphatic heterocycles. The summed E-state index contributed by atoms with van der Waals surface area (Å²) in [6, 6.07) is 18.5. The first-order chi connectivity index (χ1) is 16.4. The molecule has 1 unspecified atom stereocenters. The number of halogens is 2. The van der Waals surface area contributed by atoms with Crippen molar-refractivity contribution in [3.05, 3.63) is 100.0 Å².